The highest BCUT2D eigenvalue weighted by Crippen LogP contribution is 2.41. The van der Waals surface area contributed by atoms with E-state index in [1.807, 2.05) is 12.1 Å². The van der Waals surface area contributed by atoms with E-state index >= 15 is 0 Å². The van der Waals surface area contributed by atoms with Crippen molar-refractivity contribution in [3.8, 4) is 11.5 Å². The van der Waals surface area contributed by atoms with E-state index < -0.39 is 6.10 Å². The maximum atomic E-state index is 12.5. The summed E-state index contributed by atoms with van der Waals surface area (Å²) in [6.45, 7) is 1.16. The van der Waals surface area contributed by atoms with Crippen LogP contribution in [0.3, 0.4) is 0 Å². The van der Waals surface area contributed by atoms with Crippen LogP contribution in [-0.4, -0.2) is 41.1 Å². The van der Waals surface area contributed by atoms with Gasteiger partial charge in [-0.05, 0) is 29.7 Å². The normalized spacial score (nSPS) is 27.0. The number of nitrogens with zero attached hydrogens (tertiary/aromatic N) is 1. The molecule has 1 aromatic rings. The first kappa shape index (κ1) is 13.6. The Bertz CT molecular complexity index is 656. The van der Waals surface area contributed by atoms with Crippen molar-refractivity contribution in [2.75, 3.05) is 13.3 Å². The molecule has 1 aromatic carbocycles. The summed E-state index contributed by atoms with van der Waals surface area (Å²) in [5, 5.41) is 9.93. The molecule has 0 spiro atoms. The number of rotatable bonds is 0. The van der Waals surface area contributed by atoms with Crippen LogP contribution in [0.4, 0.5) is 0 Å². The molecule has 1 amide bonds. The number of ether oxygens (including phenoxy) is 2. The van der Waals surface area contributed by atoms with Gasteiger partial charge in [-0.25, -0.2) is 0 Å². The number of hydrogen-bond donors (Lipinski definition) is 1. The summed E-state index contributed by atoms with van der Waals surface area (Å²) < 4.78 is 10.8. The van der Waals surface area contributed by atoms with Crippen molar-refractivity contribution in [2.45, 2.75) is 37.8 Å². The van der Waals surface area contributed by atoms with Crippen molar-refractivity contribution in [1.29, 1.82) is 0 Å². The van der Waals surface area contributed by atoms with Crippen molar-refractivity contribution in [3.63, 3.8) is 0 Å². The van der Waals surface area contributed by atoms with Gasteiger partial charge in [0.2, 0.25) is 12.7 Å². The first-order chi connectivity index (χ1) is 10.6. The van der Waals surface area contributed by atoms with E-state index in [0.29, 0.717) is 31.0 Å². The van der Waals surface area contributed by atoms with Crippen LogP contribution in [0.5, 0.6) is 11.5 Å². The summed E-state index contributed by atoms with van der Waals surface area (Å²) in [6.07, 6.45) is -0.265. The third kappa shape index (κ3) is 2.14. The zero-order valence-corrected chi connectivity index (χ0v) is 12.1. The number of Topliss-reactive ketones (excluding diaryl/α,β-unsaturated/α-hetero) is 1. The Kier molecular flexibility index (Phi) is 3.07. The average Bonchev–Trinajstić information content (AvgIpc) is 2.84. The molecule has 22 heavy (non-hydrogen) atoms. The van der Waals surface area contributed by atoms with Crippen molar-refractivity contribution in [3.05, 3.63) is 23.3 Å². The summed E-state index contributed by atoms with van der Waals surface area (Å²) in [5.74, 6) is 0.899. The number of benzene rings is 1. The Morgan fingerprint density at radius 2 is 1.91 bits per heavy atom. The molecule has 0 aromatic heterocycles. The SMILES string of the molecule is O=C1C[C@@H](O)CC(=O)N2CC[C@@H]1c1cc3c(cc1C2)OCO3. The van der Waals surface area contributed by atoms with E-state index in [1.165, 1.54) is 0 Å². The first-order valence-corrected chi connectivity index (χ1v) is 7.53. The lowest BCUT2D eigenvalue weighted by Gasteiger charge is -2.22. The van der Waals surface area contributed by atoms with Crippen LogP contribution in [0, 0.1) is 0 Å². The molecule has 4 rings (SSSR count). The Labute approximate surface area is 127 Å². The fourth-order valence-electron chi connectivity index (χ4n) is 3.51. The van der Waals surface area contributed by atoms with Crippen LogP contribution in [0.15, 0.2) is 12.1 Å². The molecule has 116 valence electrons. The summed E-state index contributed by atoms with van der Waals surface area (Å²) in [4.78, 5) is 26.6. The second-order valence-electron chi connectivity index (χ2n) is 6.09. The van der Waals surface area contributed by atoms with Gasteiger partial charge < -0.3 is 19.5 Å². The Morgan fingerprint density at radius 3 is 2.73 bits per heavy atom. The van der Waals surface area contributed by atoms with Gasteiger partial charge in [-0.3, -0.25) is 9.59 Å². The number of aliphatic hydroxyl groups is 1. The predicted molar refractivity (Wildman–Crippen MR) is 75.6 cm³/mol. The Balaban J connectivity index is 1.83. The second-order valence-corrected chi connectivity index (χ2v) is 6.09. The van der Waals surface area contributed by atoms with Gasteiger partial charge in [-0.15, -0.1) is 0 Å². The van der Waals surface area contributed by atoms with Gasteiger partial charge in [-0.1, -0.05) is 0 Å². The van der Waals surface area contributed by atoms with E-state index in [9.17, 15) is 14.7 Å². The Morgan fingerprint density at radius 1 is 1.14 bits per heavy atom. The fourth-order valence-corrected chi connectivity index (χ4v) is 3.51. The van der Waals surface area contributed by atoms with Crippen molar-refractivity contribution in [1.82, 2.24) is 4.90 Å². The fraction of sp³-hybridized carbons (Fsp3) is 0.500. The molecule has 2 atom stereocenters. The van der Waals surface area contributed by atoms with Gasteiger partial charge in [0.25, 0.3) is 0 Å². The van der Waals surface area contributed by atoms with Crippen molar-refractivity contribution < 1.29 is 24.2 Å². The molecule has 3 aliphatic heterocycles. The predicted octanol–water partition coefficient (Wildman–Crippen LogP) is 0.955. The van der Waals surface area contributed by atoms with Crippen LogP contribution in [0.25, 0.3) is 0 Å². The van der Waals surface area contributed by atoms with Gasteiger partial charge in [0.05, 0.1) is 12.5 Å². The van der Waals surface area contributed by atoms with Crippen molar-refractivity contribution >= 4 is 11.7 Å². The zero-order chi connectivity index (χ0) is 15.3. The van der Waals surface area contributed by atoms with Crippen LogP contribution < -0.4 is 9.47 Å². The molecule has 3 aliphatic rings. The van der Waals surface area contributed by atoms with Crippen LogP contribution in [-0.2, 0) is 16.1 Å². The number of carbonyl (C=O) groups is 2. The number of ketones is 1. The molecule has 1 fully saturated rings. The quantitative estimate of drug-likeness (QED) is 0.772. The summed E-state index contributed by atoms with van der Waals surface area (Å²) in [6, 6.07) is 3.74. The van der Waals surface area contributed by atoms with Crippen LogP contribution in [0.2, 0.25) is 0 Å². The lowest BCUT2D eigenvalue weighted by molar-refractivity contribution is -0.133. The average molecular weight is 303 g/mol. The molecular formula is C16H17NO5. The molecule has 2 bridgehead atoms. The molecule has 0 radical (unpaired) electrons. The van der Waals surface area contributed by atoms with E-state index in [4.69, 9.17) is 9.47 Å². The summed E-state index contributed by atoms with van der Waals surface area (Å²) >= 11 is 0. The minimum absolute atomic E-state index is 0.0100. The smallest absolute Gasteiger partial charge is 0.231 e. The highest BCUT2D eigenvalue weighted by molar-refractivity contribution is 5.89. The minimum atomic E-state index is -0.890. The van der Waals surface area contributed by atoms with E-state index in [2.05, 4.69) is 0 Å². The molecule has 0 saturated carbocycles. The van der Waals surface area contributed by atoms with E-state index in [-0.39, 0.29) is 37.2 Å². The molecule has 1 saturated heterocycles. The monoisotopic (exact) mass is 303 g/mol. The number of amides is 1. The molecule has 1 N–H and O–H groups in total. The molecule has 0 unspecified atom stereocenters. The second kappa shape index (κ2) is 4.98. The third-order valence-corrected chi connectivity index (χ3v) is 4.65. The maximum absolute atomic E-state index is 12.5. The summed E-state index contributed by atoms with van der Waals surface area (Å²) in [5.41, 5.74) is 1.84. The van der Waals surface area contributed by atoms with E-state index in [1.54, 1.807) is 4.90 Å². The maximum Gasteiger partial charge on any atom is 0.231 e. The highest BCUT2D eigenvalue weighted by atomic mass is 16.7. The largest absolute Gasteiger partial charge is 0.454 e. The third-order valence-electron chi connectivity index (χ3n) is 4.65. The molecular weight excluding hydrogens is 286 g/mol. The van der Waals surface area contributed by atoms with Gasteiger partial charge in [0, 0.05) is 25.4 Å². The molecule has 3 heterocycles. The lowest BCUT2D eigenvalue weighted by Crippen LogP contribution is -2.33. The lowest BCUT2D eigenvalue weighted by atomic mass is 9.86. The molecule has 0 aliphatic carbocycles. The van der Waals surface area contributed by atoms with Gasteiger partial charge in [0.15, 0.2) is 11.5 Å². The number of aliphatic hydroxyl groups excluding tert-OH is 1. The highest BCUT2D eigenvalue weighted by Gasteiger charge is 2.35. The van der Waals surface area contributed by atoms with Gasteiger partial charge >= 0.3 is 0 Å². The van der Waals surface area contributed by atoms with Crippen LogP contribution in [0.1, 0.15) is 36.3 Å². The van der Waals surface area contributed by atoms with Crippen LogP contribution >= 0.6 is 0 Å². The van der Waals surface area contributed by atoms with Crippen molar-refractivity contribution in [2.24, 2.45) is 0 Å². The summed E-state index contributed by atoms with van der Waals surface area (Å²) in [7, 11) is 0. The standard InChI is InChI=1S/C16H17NO5/c18-10-4-13(19)11-1-2-17(16(20)5-10)7-9-3-14-15(6-12(9)11)22-8-21-14/h3,6,10-11,18H,1-2,4-5,7-8H2/t10-,11-/m1/s1. The number of carbonyl (C=O) groups excluding carboxylic acids is 2. The molecule has 6 heteroatoms. The van der Waals surface area contributed by atoms with Gasteiger partial charge in [0.1, 0.15) is 5.78 Å². The molecule has 6 nitrogen and oxygen atoms in total. The first-order valence-electron chi connectivity index (χ1n) is 7.53. The number of fused-ring (bicyclic) bond motifs is 6. The topological polar surface area (TPSA) is 76.1 Å². The minimum Gasteiger partial charge on any atom is -0.454 e. The number of hydrogen-bond acceptors (Lipinski definition) is 5. The van der Waals surface area contributed by atoms with E-state index in [0.717, 1.165) is 11.1 Å². The van der Waals surface area contributed by atoms with Gasteiger partial charge in [-0.2, -0.15) is 0 Å². The Hall–Kier alpha value is -2.08. The zero-order valence-electron chi connectivity index (χ0n) is 12.1.